The molecule has 0 radical (unpaired) electrons. The molecule has 0 aliphatic carbocycles. The zero-order valence-electron chi connectivity index (χ0n) is 13.9. The van der Waals surface area contributed by atoms with Gasteiger partial charge in [-0.25, -0.2) is 0 Å². The van der Waals surface area contributed by atoms with Gasteiger partial charge < -0.3 is 10.1 Å². The molecule has 122 valence electrons. The second kappa shape index (κ2) is 8.25. The van der Waals surface area contributed by atoms with E-state index >= 15 is 0 Å². The molecule has 1 N–H and O–H groups in total. The fourth-order valence-electron chi connectivity index (χ4n) is 2.73. The molecule has 1 saturated heterocycles. The number of nitrogens with one attached hydrogen (secondary N) is 1. The van der Waals surface area contributed by atoms with Crippen molar-refractivity contribution in [2.45, 2.75) is 46.2 Å². The van der Waals surface area contributed by atoms with Gasteiger partial charge in [0.05, 0.1) is 13.2 Å². The van der Waals surface area contributed by atoms with Gasteiger partial charge in [-0.05, 0) is 44.4 Å². The van der Waals surface area contributed by atoms with Gasteiger partial charge in [-0.1, -0.05) is 0 Å². The van der Waals surface area contributed by atoms with E-state index in [0.717, 1.165) is 44.0 Å². The molecule has 1 aromatic heterocycles. The molecule has 0 bridgehead atoms. The number of pyridine rings is 1. The van der Waals surface area contributed by atoms with Crippen LogP contribution in [0.3, 0.4) is 0 Å². The Hall–Kier alpha value is -1.46. The van der Waals surface area contributed by atoms with Crippen LogP contribution in [0, 0.1) is 13.8 Å². The van der Waals surface area contributed by atoms with Crippen molar-refractivity contribution in [1.29, 1.82) is 0 Å². The molecule has 5 heteroatoms. The Balaban J connectivity index is 1.71. The van der Waals surface area contributed by atoms with Gasteiger partial charge >= 0.3 is 0 Å². The molecule has 0 aromatic carbocycles. The van der Waals surface area contributed by atoms with Crippen molar-refractivity contribution >= 4 is 5.91 Å². The van der Waals surface area contributed by atoms with Gasteiger partial charge in [0.15, 0.2) is 0 Å². The van der Waals surface area contributed by atoms with E-state index in [0.29, 0.717) is 19.0 Å². The first-order chi connectivity index (χ1) is 10.6. The first kappa shape index (κ1) is 16.9. The largest absolute Gasteiger partial charge is 0.379 e. The third-order valence-corrected chi connectivity index (χ3v) is 4.29. The quantitative estimate of drug-likeness (QED) is 0.871. The van der Waals surface area contributed by atoms with Crippen LogP contribution in [-0.4, -0.2) is 48.1 Å². The Morgan fingerprint density at radius 1 is 1.41 bits per heavy atom. The fraction of sp³-hybridized carbons (Fsp3) is 0.647. The molecule has 0 spiro atoms. The van der Waals surface area contributed by atoms with Gasteiger partial charge in [-0.3, -0.25) is 14.7 Å². The lowest BCUT2D eigenvalue weighted by atomic mass is 10.1. The summed E-state index contributed by atoms with van der Waals surface area (Å²) in [6, 6.07) is 2.47. The number of hydrogen-bond acceptors (Lipinski definition) is 4. The van der Waals surface area contributed by atoms with Crippen molar-refractivity contribution in [3.05, 3.63) is 29.1 Å². The van der Waals surface area contributed by atoms with E-state index in [4.69, 9.17) is 4.74 Å². The third-order valence-electron chi connectivity index (χ3n) is 4.29. The zero-order valence-corrected chi connectivity index (χ0v) is 13.9. The second-order valence-electron chi connectivity index (χ2n) is 6.06. The molecule has 1 aromatic rings. The summed E-state index contributed by atoms with van der Waals surface area (Å²) in [5.41, 5.74) is 3.27. The van der Waals surface area contributed by atoms with Crippen molar-refractivity contribution < 1.29 is 9.53 Å². The Bertz CT molecular complexity index is 499. The number of carbonyl (C=O) groups is 1. The molecule has 1 unspecified atom stereocenters. The van der Waals surface area contributed by atoms with Crippen molar-refractivity contribution in [3.8, 4) is 0 Å². The van der Waals surface area contributed by atoms with E-state index in [2.05, 4.69) is 29.0 Å². The highest BCUT2D eigenvalue weighted by atomic mass is 16.5. The average molecular weight is 305 g/mol. The monoisotopic (exact) mass is 305 g/mol. The number of aromatic nitrogens is 1. The number of aryl methyl sites for hydroxylation is 2. The van der Waals surface area contributed by atoms with Gasteiger partial charge in [0.2, 0.25) is 5.91 Å². The van der Waals surface area contributed by atoms with Crippen LogP contribution < -0.4 is 5.32 Å². The average Bonchev–Trinajstić information content (AvgIpc) is 2.52. The van der Waals surface area contributed by atoms with Crippen molar-refractivity contribution in [2.24, 2.45) is 0 Å². The molecular formula is C17H27N3O2. The maximum atomic E-state index is 12.0. The minimum absolute atomic E-state index is 0.111. The maximum Gasteiger partial charge on any atom is 0.220 e. The molecule has 5 nitrogen and oxygen atoms in total. The molecule has 2 rings (SSSR count). The predicted molar refractivity (Wildman–Crippen MR) is 86.6 cm³/mol. The number of carbonyl (C=O) groups excluding carboxylic acids is 1. The third kappa shape index (κ3) is 5.07. The van der Waals surface area contributed by atoms with Crippen LogP contribution in [0.2, 0.25) is 0 Å². The maximum absolute atomic E-state index is 12.0. The number of hydrogen-bond donors (Lipinski definition) is 1. The van der Waals surface area contributed by atoms with Gasteiger partial charge in [0.25, 0.3) is 0 Å². The van der Waals surface area contributed by atoms with E-state index in [1.165, 1.54) is 5.56 Å². The molecule has 1 fully saturated rings. The van der Waals surface area contributed by atoms with Crippen molar-refractivity contribution in [3.63, 3.8) is 0 Å². The van der Waals surface area contributed by atoms with Crippen LogP contribution >= 0.6 is 0 Å². The van der Waals surface area contributed by atoms with Crippen LogP contribution in [0.4, 0.5) is 0 Å². The molecule has 22 heavy (non-hydrogen) atoms. The number of amides is 1. The van der Waals surface area contributed by atoms with Crippen LogP contribution in [-0.2, 0) is 16.1 Å². The van der Waals surface area contributed by atoms with E-state index in [1.807, 2.05) is 19.2 Å². The summed E-state index contributed by atoms with van der Waals surface area (Å²) in [6.07, 6.45) is 3.30. The molecule has 1 atom stereocenters. The van der Waals surface area contributed by atoms with Gasteiger partial charge in [-0.2, -0.15) is 0 Å². The van der Waals surface area contributed by atoms with E-state index < -0.39 is 0 Å². The van der Waals surface area contributed by atoms with Crippen LogP contribution in [0.15, 0.2) is 12.3 Å². The van der Waals surface area contributed by atoms with Crippen LogP contribution in [0.1, 0.15) is 36.6 Å². The van der Waals surface area contributed by atoms with Gasteiger partial charge in [0, 0.05) is 44.0 Å². The van der Waals surface area contributed by atoms with E-state index in [1.54, 1.807) is 0 Å². The lowest BCUT2D eigenvalue weighted by Gasteiger charge is -2.32. The first-order valence-corrected chi connectivity index (χ1v) is 8.07. The Labute approximate surface area is 133 Å². The van der Waals surface area contributed by atoms with Gasteiger partial charge in [-0.15, -0.1) is 0 Å². The molecule has 1 amide bonds. The summed E-state index contributed by atoms with van der Waals surface area (Å²) in [5, 5.41) is 3.00. The summed E-state index contributed by atoms with van der Waals surface area (Å²) in [7, 11) is 0. The standard InChI is InChI=1S/C17H27N3O2/c1-13-10-14(2)18-11-16(13)12-19-17(21)5-4-15(3)20-6-8-22-9-7-20/h10-11,15H,4-9,12H2,1-3H3,(H,19,21). The highest BCUT2D eigenvalue weighted by Gasteiger charge is 2.17. The fourth-order valence-corrected chi connectivity index (χ4v) is 2.73. The summed E-state index contributed by atoms with van der Waals surface area (Å²) < 4.78 is 5.36. The van der Waals surface area contributed by atoms with Crippen molar-refractivity contribution in [1.82, 2.24) is 15.2 Å². The molecular weight excluding hydrogens is 278 g/mol. The lowest BCUT2D eigenvalue weighted by molar-refractivity contribution is -0.121. The Morgan fingerprint density at radius 2 is 2.14 bits per heavy atom. The molecule has 0 saturated carbocycles. The smallest absolute Gasteiger partial charge is 0.220 e. The van der Waals surface area contributed by atoms with Gasteiger partial charge in [0.1, 0.15) is 0 Å². The number of rotatable bonds is 6. The number of morpholine rings is 1. The molecule has 2 heterocycles. The summed E-state index contributed by atoms with van der Waals surface area (Å²) in [5.74, 6) is 0.111. The number of ether oxygens (including phenoxy) is 1. The van der Waals surface area contributed by atoms with E-state index in [-0.39, 0.29) is 5.91 Å². The summed E-state index contributed by atoms with van der Waals surface area (Å²) >= 11 is 0. The zero-order chi connectivity index (χ0) is 15.9. The minimum atomic E-state index is 0.111. The summed E-state index contributed by atoms with van der Waals surface area (Å²) in [4.78, 5) is 18.7. The highest BCUT2D eigenvalue weighted by Crippen LogP contribution is 2.10. The normalized spacial score (nSPS) is 17.2. The Morgan fingerprint density at radius 3 is 2.82 bits per heavy atom. The van der Waals surface area contributed by atoms with Crippen LogP contribution in [0.5, 0.6) is 0 Å². The molecule has 1 aliphatic heterocycles. The van der Waals surface area contributed by atoms with Crippen LogP contribution in [0.25, 0.3) is 0 Å². The lowest BCUT2D eigenvalue weighted by Crippen LogP contribution is -2.42. The first-order valence-electron chi connectivity index (χ1n) is 8.07. The predicted octanol–water partition coefficient (Wildman–Crippen LogP) is 1.82. The summed E-state index contributed by atoms with van der Waals surface area (Å²) in [6.45, 7) is 10.3. The minimum Gasteiger partial charge on any atom is -0.379 e. The second-order valence-corrected chi connectivity index (χ2v) is 6.06. The highest BCUT2D eigenvalue weighted by molar-refractivity contribution is 5.75. The van der Waals surface area contributed by atoms with E-state index in [9.17, 15) is 4.79 Å². The van der Waals surface area contributed by atoms with Crippen molar-refractivity contribution in [2.75, 3.05) is 26.3 Å². The topological polar surface area (TPSA) is 54.5 Å². The molecule has 1 aliphatic rings. The Kier molecular flexibility index (Phi) is 6.34. The number of nitrogens with zero attached hydrogens (tertiary/aromatic N) is 2. The SMILES string of the molecule is Cc1cc(C)c(CNC(=O)CCC(C)N2CCOCC2)cn1.